The molecule has 0 atom stereocenters. The number of anilines is 1. The largest absolute Gasteiger partial charge is 0.288 e. The summed E-state index contributed by atoms with van der Waals surface area (Å²) in [5.74, 6) is -4.74. The van der Waals surface area contributed by atoms with Gasteiger partial charge in [-0.25, -0.2) is 8.78 Å². The molecule has 0 spiro atoms. The minimum absolute atomic E-state index is 0.0553. The quantitative estimate of drug-likeness (QED) is 0.454. The van der Waals surface area contributed by atoms with Gasteiger partial charge in [0.15, 0.2) is 17.5 Å². The second-order valence-electron chi connectivity index (χ2n) is 6.70. The fourth-order valence-corrected chi connectivity index (χ4v) is 4.05. The van der Waals surface area contributed by atoms with Gasteiger partial charge in [-0.2, -0.15) is 9.37 Å². The Labute approximate surface area is 173 Å². The van der Waals surface area contributed by atoms with Crippen molar-refractivity contribution < 1.29 is 18.0 Å². The van der Waals surface area contributed by atoms with Crippen molar-refractivity contribution in [3.8, 4) is 0 Å². The first-order valence-corrected chi connectivity index (χ1v) is 9.65. The van der Waals surface area contributed by atoms with Crippen molar-refractivity contribution in [2.24, 2.45) is 0 Å². The molecule has 11 heteroatoms. The average Bonchev–Trinajstić information content (AvgIpc) is 3.39. The number of fused-ring (bicyclic) bond motifs is 2. The Morgan fingerprint density at radius 1 is 1.21 bits per heavy atom. The van der Waals surface area contributed by atoms with Crippen LogP contribution in [0.4, 0.5) is 19.0 Å². The molecule has 1 aliphatic rings. The number of alkyl halides is 1. The molecular formula is C18H14Cl2F3N5O. The molecule has 29 heavy (non-hydrogen) atoms. The molecular weight excluding hydrogens is 430 g/mol. The molecule has 0 saturated heterocycles. The predicted octanol–water partition coefficient (Wildman–Crippen LogP) is 3.76. The van der Waals surface area contributed by atoms with Gasteiger partial charge in [0, 0.05) is 5.56 Å². The number of carbonyl (C=O) groups excluding carboxylic acids is 1. The maximum atomic E-state index is 15.0. The van der Waals surface area contributed by atoms with Gasteiger partial charge >= 0.3 is 0 Å². The summed E-state index contributed by atoms with van der Waals surface area (Å²) < 4.78 is 45.5. The molecule has 0 saturated carbocycles. The third kappa shape index (κ3) is 3.12. The van der Waals surface area contributed by atoms with Crippen molar-refractivity contribution in [2.75, 3.05) is 10.8 Å². The summed E-state index contributed by atoms with van der Waals surface area (Å²) in [4.78, 5) is 17.2. The lowest BCUT2D eigenvalue weighted by Gasteiger charge is -2.24. The van der Waals surface area contributed by atoms with Crippen LogP contribution in [0.5, 0.6) is 0 Å². The van der Waals surface area contributed by atoms with Crippen LogP contribution in [-0.2, 0) is 24.2 Å². The molecule has 152 valence electrons. The van der Waals surface area contributed by atoms with E-state index < -0.39 is 41.6 Å². The van der Waals surface area contributed by atoms with Gasteiger partial charge in [0.2, 0.25) is 22.7 Å². The van der Waals surface area contributed by atoms with Crippen molar-refractivity contribution in [3.05, 3.63) is 51.3 Å². The highest BCUT2D eigenvalue weighted by Crippen LogP contribution is 2.34. The van der Waals surface area contributed by atoms with Crippen LogP contribution in [0.3, 0.4) is 0 Å². The fraction of sp³-hybridized carbons (Fsp3) is 0.333. The maximum absolute atomic E-state index is 15.0. The summed E-state index contributed by atoms with van der Waals surface area (Å²) in [6.45, 7) is 1.20. The lowest BCUT2D eigenvalue weighted by molar-refractivity contribution is -0.116. The average molecular weight is 444 g/mol. The van der Waals surface area contributed by atoms with Crippen LogP contribution >= 0.6 is 23.2 Å². The number of carbonyl (C=O) groups is 1. The van der Waals surface area contributed by atoms with E-state index in [4.69, 9.17) is 23.2 Å². The van der Waals surface area contributed by atoms with Gasteiger partial charge in [-0.3, -0.25) is 14.1 Å². The number of benzene rings is 1. The summed E-state index contributed by atoms with van der Waals surface area (Å²) >= 11 is 11.7. The Morgan fingerprint density at radius 3 is 2.66 bits per heavy atom. The molecule has 1 aromatic carbocycles. The monoisotopic (exact) mass is 443 g/mol. The summed E-state index contributed by atoms with van der Waals surface area (Å²) in [5, 5.41) is 6.98. The number of rotatable bonds is 4. The zero-order chi connectivity index (χ0) is 20.9. The third-order valence-corrected chi connectivity index (χ3v) is 5.67. The molecule has 2 heterocycles. The summed E-state index contributed by atoms with van der Waals surface area (Å²) in [5.41, 5.74) is 1.29. The van der Waals surface area contributed by atoms with E-state index in [1.807, 2.05) is 0 Å². The molecule has 0 bridgehead atoms. The first-order chi connectivity index (χ1) is 13.8. The Hall–Kier alpha value is -2.39. The summed E-state index contributed by atoms with van der Waals surface area (Å²) in [7, 11) is 0. The van der Waals surface area contributed by atoms with Crippen LogP contribution in [0.2, 0.25) is 5.28 Å². The molecule has 0 N–H and O–H groups in total. The van der Waals surface area contributed by atoms with Crippen molar-refractivity contribution in [3.63, 3.8) is 0 Å². The van der Waals surface area contributed by atoms with Crippen molar-refractivity contribution in [2.45, 2.75) is 32.7 Å². The van der Waals surface area contributed by atoms with E-state index in [2.05, 4.69) is 15.2 Å². The van der Waals surface area contributed by atoms with E-state index in [-0.39, 0.29) is 16.5 Å². The summed E-state index contributed by atoms with van der Waals surface area (Å²) in [6.07, 6.45) is 2.94. The summed E-state index contributed by atoms with van der Waals surface area (Å²) in [6, 6.07) is 0. The smallest absolute Gasteiger partial charge is 0.243 e. The second kappa shape index (κ2) is 7.46. The molecule has 4 rings (SSSR count). The van der Waals surface area contributed by atoms with Gasteiger partial charge in [-0.15, -0.1) is 21.8 Å². The Bertz CT molecular complexity index is 1150. The highest BCUT2D eigenvalue weighted by atomic mass is 35.5. The van der Waals surface area contributed by atoms with Gasteiger partial charge < -0.3 is 0 Å². The SMILES string of the molecule is Cc1c(CN(C(=O)CCl)c2nc(Cl)n3cnnc3c2F)c(F)c(F)c2c1CCC2. The van der Waals surface area contributed by atoms with E-state index in [1.165, 1.54) is 0 Å². The Morgan fingerprint density at radius 2 is 1.93 bits per heavy atom. The van der Waals surface area contributed by atoms with E-state index in [0.717, 1.165) is 27.6 Å². The van der Waals surface area contributed by atoms with Gasteiger partial charge in [0.1, 0.15) is 12.2 Å². The van der Waals surface area contributed by atoms with Crippen molar-refractivity contribution in [1.82, 2.24) is 19.6 Å². The van der Waals surface area contributed by atoms with E-state index >= 15 is 0 Å². The first-order valence-electron chi connectivity index (χ1n) is 8.74. The van der Waals surface area contributed by atoms with E-state index in [0.29, 0.717) is 24.0 Å². The number of nitrogens with zero attached hydrogens (tertiary/aromatic N) is 5. The number of hydrogen-bond acceptors (Lipinski definition) is 4. The minimum atomic E-state index is -1.06. The second-order valence-corrected chi connectivity index (χ2v) is 7.30. The topological polar surface area (TPSA) is 63.4 Å². The molecule has 0 aliphatic heterocycles. The number of aromatic nitrogens is 4. The molecule has 6 nitrogen and oxygen atoms in total. The fourth-order valence-electron chi connectivity index (χ4n) is 3.70. The van der Waals surface area contributed by atoms with Crippen LogP contribution in [0, 0.1) is 24.4 Å². The standard InChI is InChI=1S/C18H14Cl2F3N5O/c1-8-9-3-2-4-10(9)13(21)14(22)11(8)6-27(12(29)5-19)16-15(23)17-26-24-7-28(17)18(20)25-16/h7H,2-6H2,1H3. The van der Waals surface area contributed by atoms with Crippen LogP contribution in [0.25, 0.3) is 5.65 Å². The van der Waals surface area contributed by atoms with Gasteiger partial charge in [0.05, 0.1) is 6.54 Å². The normalized spacial score (nSPS) is 13.2. The zero-order valence-corrected chi connectivity index (χ0v) is 16.7. The predicted molar refractivity (Wildman–Crippen MR) is 101 cm³/mol. The number of hydrogen-bond donors (Lipinski definition) is 0. The molecule has 0 fully saturated rings. The van der Waals surface area contributed by atoms with Crippen molar-refractivity contribution in [1.29, 1.82) is 0 Å². The van der Waals surface area contributed by atoms with Crippen LogP contribution in [0.1, 0.15) is 28.7 Å². The molecule has 3 aromatic rings. The molecule has 1 aliphatic carbocycles. The number of amides is 1. The Balaban J connectivity index is 1.87. The zero-order valence-electron chi connectivity index (χ0n) is 15.1. The molecule has 1 amide bonds. The lowest BCUT2D eigenvalue weighted by Crippen LogP contribution is -2.34. The van der Waals surface area contributed by atoms with Gasteiger partial charge in [0.25, 0.3) is 0 Å². The molecule has 2 aromatic heterocycles. The van der Waals surface area contributed by atoms with E-state index in [1.54, 1.807) is 6.92 Å². The molecule has 0 radical (unpaired) electrons. The minimum Gasteiger partial charge on any atom is -0.288 e. The van der Waals surface area contributed by atoms with E-state index in [9.17, 15) is 18.0 Å². The first kappa shape index (κ1) is 19.9. The highest BCUT2D eigenvalue weighted by molar-refractivity contribution is 6.30. The van der Waals surface area contributed by atoms with Crippen molar-refractivity contribution >= 4 is 40.6 Å². The Kier molecular flexibility index (Phi) is 5.12. The van der Waals surface area contributed by atoms with Crippen LogP contribution < -0.4 is 4.90 Å². The maximum Gasteiger partial charge on any atom is 0.243 e. The number of halogens is 5. The lowest BCUT2D eigenvalue weighted by atomic mass is 9.97. The van der Waals surface area contributed by atoms with Crippen LogP contribution in [0.15, 0.2) is 6.33 Å². The third-order valence-electron chi connectivity index (χ3n) is 5.17. The molecule has 0 unspecified atom stereocenters. The van der Waals surface area contributed by atoms with Gasteiger partial charge in [-0.05, 0) is 54.5 Å². The van der Waals surface area contributed by atoms with Crippen LogP contribution in [-0.4, -0.2) is 31.4 Å². The highest BCUT2D eigenvalue weighted by Gasteiger charge is 2.30. The van der Waals surface area contributed by atoms with Gasteiger partial charge in [-0.1, -0.05) is 0 Å².